The molecule has 1 aromatic rings. The predicted octanol–water partition coefficient (Wildman–Crippen LogP) is 1.89. The van der Waals surface area contributed by atoms with Gasteiger partial charge < -0.3 is 15.7 Å². The molecule has 0 aromatic heterocycles. The van der Waals surface area contributed by atoms with Crippen LogP contribution in [-0.4, -0.2) is 38.1 Å². The average molecular weight is 371 g/mol. The normalized spacial score (nSPS) is 12.4. The molecule has 0 aliphatic carbocycles. The van der Waals surface area contributed by atoms with Gasteiger partial charge in [0.25, 0.3) is 0 Å². The minimum atomic E-state index is -3.45. The lowest BCUT2D eigenvalue weighted by Crippen LogP contribution is -2.33. The Labute approximate surface area is 148 Å². The minimum absolute atomic E-state index is 0.0171. The van der Waals surface area contributed by atoms with Gasteiger partial charge in [0.2, 0.25) is 10.0 Å². The van der Waals surface area contributed by atoms with Gasteiger partial charge in [0, 0.05) is 24.7 Å². The third-order valence-corrected chi connectivity index (χ3v) is 4.86. The number of anilines is 1. The van der Waals surface area contributed by atoms with Crippen molar-refractivity contribution in [2.45, 2.75) is 44.9 Å². The number of benzene rings is 1. The van der Waals surface area contributed by atoms with Crippen LogP contribution in [0.4, 0.5) is 10.5 Å². The van der Waals surface area contributed by atoms with E-state index in [4.69, 9.17) is 5.11 Å². The van der Waals surface area contributed by atoms with Crippen LogP contribution in [0.1, 0.15) is 38.7 Å². The molecular formula is C16H25N3O5S. The SMILES string of the molecule is CCC(C)NS(=O)(=O)Cc1cccc(NC(=O)NCCCC(=O)O)c1. The standard InChI is InChI=1S/C16H25N3O5S/c1-3-12(2)19-25(23,24)11-13-6-4-7-14(10-13)18-16(22)17-9-5-8-15(20)21/h4,6-7,10,12,19H,3,5,8-9,11H2,1-2H3,(H,20,21)(H2,17,18,22). The van der Waals surface area contributed by atoms with E-state index in [1.807, 2.05) is 6.92 Å². The Kier molecular flexibility index (Phi) is 8.36. The van der Waals surface area contributed by atoms with Gasteiger partial charge in [0.1, 0.15) is 0 Å². The summed E-state index contributed by atoms with van der Waals surface area (Å²) in [6.07, 6.45) is 1.02. The molecule has 0 radical (unpaired) electrons. The van der Waals surface area contributed by atoms with E-state index in [-0.39, 0.29) is 24.8 Å². The van der Waals surface area contributed by atoms with Crippen LogP contribution in [-0.2, 0) is 20.6 Å². The van der Waals surface area contributed by atoms with Gasteiger partial charge in [-0.25, -0.2) is 17.9 Å². The molecule has 1 rings (SSSR count). The first-order valence-corrected chi connectivity index (χ1v) is 9.72. The van der Waals surface area contributed by atoms with Crippen LogP contribution in [0.3, 0.4) is 0 Å². The summed E-state index contributed by atoms with van der Waals surface area (Å²) in [6, 6.07) is 5.97. The molecule has 140 valence electrons. The Morgan fingerprint density at radius 2 is 2.00 bits per heavy atom. The number of hydrogen-bond donors (Lipinski definition) is 4. The molecule has 0 aliphatic rings. The van der Waals surface area contributed by atoms with E-state index in [0.29, 0.717) is 24.1 Å². The van der Waals surface area contributed by atoms with Crippen molar-refractivity contribution >= 4 is 27.7 Å². The van der Waals surface area contributed by atoms with Gasteiger partial charge in [-0.05, 0) is 37.5 Å². The fourth-order valence-corrected chi connectivity index (χ4v) is 3.49. The lowest BCUT2D eigenvalue weighted by atomic mass is 10.2. The number of carbonyl (C=O) groups excluding carboxylic acids is 1. The lowest BCUT2D eigenvalue weighted by Gasteiger charge is -2.13. The third kappa shape index (κ3) is 9.06. The summed E-state index contributed by atoms with van der Waals surface area (Å²) < 4.78 is 26.7. The van der Waals surface area contributed by atoms with Crippen LogP contribution in [0.15, 0.2) is 24.3 Å². The van der Waals surface area contributed by atoms with Gasteiger partial charge in [-0.3, -0.25) is 4.79 Å². The number of carboxylic acid groups (broad SMARTS) is 1. The van der Waals surface area contributed by atoms with Gasteiger partial charge in [0.05, 0.1) is 5.75 Å². The third-order valence-electron chi connectivity index (χ3n) is 3.39. The van der Waals surface area contributed by atoms with E-state index < -0.39 is 22.0 Å². The number of nitrogens with one attached hydrogen (secondary N) is 3. The number of carbonyl (C=O) groups is 2. The van der Waals surface area contributed by atoms with Crippen molar-refractivity contribution in [2.24, 2.45) is 0 Å². The molecule has 25 heavy (non-hydrogen) atoms. The summed E-state index contributed by atoms with van der Waals surface area (Å²) in [5.74, 6) is -1.09. The summed E-state index contributed by atoms with van der Waals surface area (Å²) in [5.41, 5.74) is 1.02. The maximum Gasteiger partial charge on any atom is 0.319 e. The van der Waals surface area contributed by atoms with Crippen molar-refractivity contribution in [3.05, 3.63) is 29.8 Å². The van der Waals surface area contributed by atoms with Crippen LogP contribution in [0.25, 0.3) is 0 Å². The van der Waals surface area contributed by atoms with Crippen LogP contribution in [0, 0.1) is 0 Å². The highest BCUT2D eigenvalue weighted by Crippen LogP contribution is 2.13. The molecule has 1 unspecified atom stereocenters. The summed E-state index contributed by atoms with van der Waals surface area (Å²) in [5, 5.41) is 13.7. The van der Waals surface area contributed by atoms with Crippen molar-refractivity contribution in [2.75, 3.05) is 11.9 Å². The second-order valence-electron chi connectivity index (χ2n) is 5.76. The summed E-state index contributed by atoms with van der Waals surface area (Å²) in [4.78, 5) is 22.1. The first-order chi connectivity index (χ1) is 11.7. The first kappa shape index (κ1) is 20.9. The van der Waals surface area contributed by atoms with Gasteiger partial charge in [-0.1, -0.05) is 19.1 Å². The fraction of sp³-hybridized carbons (Fsp3) is 0.500. The summed E-state index contributed by atoms with van der Waals surface area (Å²) in [6.45, 7) is 3.93. The predicted molar refractivity (Wildman–Crippen MR) is 95.8 cm³/mol. The molecule has 0 saturated carbocycles. The molecule has 0 heterocycles. The topological polar surface area (TPSA) is 125 Å². The minimum Gasteiger partial charge on any atom is -0.481 e. The summed E-state index contributed by atoms with van der Waals surface area (Å²) in [7, 11) is -3.45. The monoisotopic (exact) mass is 371 g/mol. The van der Waals surface area contributed by atoms with Crippen LogP contribution >= 0.6 is 0 Å². The molecule has 1 atom stereocenters. The van der Waals surface area contributed by atoms with Crippen molar-refractivity contribution in [1.29, 1.82) is 0 Å². The van der Waals surface area contributed by atoms with Crippen LogP contribution in [0.2, 0.25) is 0 Å². The molecule has 4 N–H and O–H groups in total. The van der Waals surface area contributed by atoms with E-state index >= 15 is 0 Å². The molecular weight excluding hydrogens is 346 g/mol. The molecule has 1 aromatic carbocycles. The molecule has 0 fully saturated rings. The highest BCUT2D eigenvalue weighted by molar-refractivity contribution is 7.88. The molecule has 0 saturated heterocycles. The molecule has 0 spiro atoms. The van der Waals surface area contributed by atoms with E-state index in [0.717, 1.165) is 0 Å². The van der Waals surface area contributed by atoms with Gasteiger partial charge >= 0.3 is 12.0 Å². The second-order valence-corrected chi connectivity index (χ2v) is 7.52. The van der Waals surface area contributed by atoms with E-state index in [1.54, 1.807) is 31.2 Å². The van der Waals surface area contributed by atoms with Gasteiger partial charge in [-0.2, -0.15) is 0 Å². The van der Waals surface area contributed by atoms with Crippen molar-refractivity contribution in [3.63, 3.8) is 0 Å². The second kappa shape index (κ2) is 10.00. The highest BCUT2D eigenvalue weighted by atomic mass is 32.2. The Morgan fingerprint density at radius 3 is 2.64 bits per heavy atom. The molecule has 8 nitrogen and oxygen atoms in total. The largest absolute Gasteiger partial charge is 0.481 e. The number of rotatable bonds is 10. The van der Waals surface area contributed by atoms with E-state index in [1.165, 1.54) is 0 Å². The van der Waals surface area contributed by atoms with Crippen LogP contribution < -0.4 is 15.4 Å². The van der Waals surface area contributed by atoms with Crippen molar-refractivity contribution in [1.82, 2.24) is 10.0 Å². The first-order valence-electron chi connectivity index (χ1n) is 8.07. The average Bonchev–Trinajstić information content (AvgIpc) is 2.50. The number of carboxylic acids is 1. The van der Waals surface area contributed by atoms with Crippen LogP contribution in [0.5, 0.6) is 0 Å². The molecule has 9 heteroatoms. The number of aliphatic carboxylic acids is 1. The van der Waals surface area contributed by atoms with Gasteiger partial charge in [0.15, 0.2) is 0 Å². The zero-order valence-electron chi connectivity index (χ0n) is 14.4. The molecule has 0 bridgehead atoms. The maximum atomic E-state index is 12.1. The van der Waals surface area contributed by atoms with E-state index in [2.05, 4.69) is 15.4 Å². The van der Waals surface area contributed by atoms with E-state index in [9.17, 15) is 18.0 Å². The molecule has 0 aliphatic heterocycles. The maximum absolute atomic E-state index is 12.1. The zero-order chi connectivity index (χ0) is 18.9. The Hall–Kier alpha value is -2.13. The fourth-order valence-electron chi connectivity index (χ4n) is 2.01. The van der Waals surface area contributed by atoms with Gasteiger partial charge in [-0.15, -0.1) is 0 Å². The number of sulfonamides is 1. The quantitative estimate of drug-likeness (QED) is 0.468. The number of amides is 2. The van der Waals surface area contributed by atoms with Crippen molar-refractivity contribution in [3.8, 4) is 0 Å². The Morgan fingerprint density at radius 1 is 1.28 bits per heavy atom. The number of hydrogen-bond acceptors (Lipinski definition) is 4. The zero-order valence-corrected chi connectivity index (χ0v) is 15.2. The number of urea groups is 1. The summed E-state index contributed by atoms with van der Waals surface area (Å²) >= 11 is 0. The Balaban J connectivity index is 2.57. The molecule has 2 amide bonds. The Bertz CT molecular complexity index is 691. The highest BCUT2D eigenvalue weighted by Gasteiger charge is 2.14. The van der Waals surface area contributed by atoms with Crippen molar-refractivity contribution < 1.29 is 23.1 Å². The lowest BCUT2D eigenvalue weighted by molar-refractivity contribution is -0.137. The smallest absolute Gasteiger partial charge is 0.319 e.